The van der Waals surface area contributed by atoms with Crippen LogP contribution in [0.4, 0.5) is 5.13 Å². The van der Waals surface area contributed by atoms with E-state index in [-0.39, 0.29) is 0 Å². The highest BCUT2D eigenvalue weighted by Crippen LogP contribution is 2.21. The number of thiazole rings is 1. The summed E-state index contributed by atoms with van der Waals surface area (Å²) in [4.78, 5) is 6.98. The van der Waals surface area contributed by atoms with Crippen LogP contribution in [-0.4, -0.2) is 18.1 Å². The molecule has 0 fully saturated rings. The number of aryl methyl sites for hydroxylation is 1. The summed E-state index contributed by atoms with van der Waals surface area (Å²) in [7, 11) is 0. The summed E-state index contributed by atoms with van der Waals surface area (Å²) in [5.74, 6) is 0.767. The lowest BCUT2D eigenvalue weighted by Crippen LogP contribution is -2.21. The van der Waals surface area contributed by atoms with Crippen LogP contribution in [0.1, 0.15) is 39.8 Å². The van der Waals surface area contributed by atoms with Crippen molar-refractivity contribution in [2.24, 2.45) is 5.92 Å². The van der Waals surface area contributed by atoms with Crippen LogP contribution in [0.2, 0.25) is 0 Å². The van der Waals surface area contributed by atoms with E-state index < -0.39 is 0 Å². The van der Waals surface area contributed by atoms with Gasteiger partial charge in [0.25, 0.3) is 0 Å². The van der Waals surface area contributed by atoms with Gasteiger partial charge in [-0.15, -0.1) is 11.3 Å². The molecule has 0 aliphatic heterocycles. The van der Waals surface area contributed by atoms with Gasteiger partial charge in [-0.25, -0.2) is 4.98 Å². The second-order valence-corrected chi connectivity index (χ2v) is 5.06. The Morgan fingerprint density at radius 2 is 2.00 bits per heavy atom. The maximum Gasteiger partial charge on any atom is 0.185 e. The van der Waals surface area contributed by atoms with Gasteiger partial charge < -0.3 is 4.90 Å². The number of hydrogen-bond acceptors (Lipinski definition) is 3. The van der Waals surface area contributed by atoms with Crippen molar-refractivity contribution in [2.45, 2.75) is 40.5 Å². The molecule has 0 amide bonds. The van der Waals surface area contributed by atoms with Gasteiger partial charge in [-0.1, -0.05) is 13.8 Å². The molecule has 1 aromatic heterocycles. The second-order valence-electron chi connectivity index (χ2n) is 4.23. The Kier molecular flexibility index (Phi) is 5.09. The topological polar surface area (TPSA) is 16.1 Å². The molecule has 0 N–H and O–H groups in total. The third-order valence-electron chi connectivity index (χ3n) is 2.55. The smallest absolute Gasteiger partial charge is 0.185 e. The van der Waals surface area contributed by atoms with Gasteiger partial charge in [0.05, 0.1) is 5.69 Å². The van der Waals surface area contributed by atoms with Crippen LogP contribution in [0.15, 0.2) is 5.38 Å². The van der Waals surface area contributed by atoms with Gasteiger partial charge in [0.2, 0.25) is 0 Å². The van der Waals surface area contributed by atoms with E-state index in [4.69, 9.17) is 0 Å². The van der Waals surface area contributed by atoms with Crippen molar-refractivity contribution in [3.05, 3.63) is 11.1 Å². The summed E-state index contributed by atoms with van der Waals surface area (Å²) in [5, 5.41) is 3.38. The molecule has 1 aromatic rings. The molecule has 15 heavy (non-hydrogen) atoms. The van der Waals surface area contributed by atoms with Gasteiger partial charge in [0, 0.05) is 18.5 Å². The first kappa shape index (κ1) is 12.5. The first-order chi connectivity index (χ1) is 7.17. The van der Waals surface area contributed by atoms with E-state index in [2.05, 4.69) is 43.0 Å². The molecule has 86 valence electrons. The third kappa shape index (κ3) is 3.82. The molecule has 1 heterocycles. The molecule has 0 aliphatic carbocycles. The molecule has 0 saturated heterocycles. The third-order valence-corrected chi connectivity index (χ3v) is 3.50. The van der Waals surface area contributed by atoms with Gasteiger partial charge in [-0.3, -0.25) is 0 Å². The lowest BCUT2D eigenvalue weighted by Gasteiger charge is -2.16. The highest BCUT2D eigenvalue weighted by Gasteiger charge is 2.07. The minimum absolute atomic E-state index is 0.767. The van der Waals surface area contributed by atoms with E-state index in [0.29, 0.717) is 0 Å². The molecule has 0 bridgehead atoms. The van der Waals surface area contributed by atoms with Crippen molar-refractivity contribution in [2.75, 3.05) is 18.0 Å². The average molecular weight is 226 g/mol. The molecule has 1 rings (SSSR count). The van der Waals surface area contributed by atoms with Gasteiger partial charge in [-0.2, -0.15) is 0 Å². The number of rotatable bonds is 6. The Bertz CT molecular complexity index is 277. The highest BCUT2D eigenvalue weighted by molar-refractivity contribution is 7.13. The van der Waals surface area contributed by atoms with E-state index in [1.807, 2.05) is 0 Å². The minimum atomic E-state index is 0.767. The van der Waals surface area contributed by atoms with Gasteiger partial charge >= 0.3 is 0 Å². The quantitative estimate of drug-likeness (QED) is 0.737. The fourth-order valence-electron chi connectivity index (χ4n) is 1.49. The Hall–Kier alpha value is -0.570. The molecule has 0 aromatic carbocycles. The van der Waals surface area contributed by atoms with Gasteiger partial charge in [0.1, 0.15) is 0 Å². The number of anilines is 1. The van der Waals surface area contributed by atoms with Crippen molar-refractivity contribution in [3.63, 3.8) is 0 Å². The molecule has 3 heteroatoms. The molecule has 0 saturated carbocycles. The summed E-state index contributed by atoms with van der Waals surface area (Å²) in [5.41, 5.74) is 1.26. The maximum absolute atomic E-state index is 4.67. The largest absolute Gasteiger partial charge is 0.349 e. The van der Waals surface area contributed by atoms with Crippen LogP contribution in [0, 0.1) is 5.92 Å². The minimum Gasteiger partial charge on any atom is -0.349 e. The zero-order valence-electron chi connectivity index (χ0n) is 10.3. The van der Waals surface area contributed by atoms with Crippen molar-refractivity contribution in [1.29, 1.82) is 0 Å². The second kappa shape index (κ2) is 6.11. The highest BCUT2D eigenvalue weighted by atomic mass is 32.1. The van der Waals surface area contributed by atoms with Crippen LogP contribution in [-0.2, 0) is 6.42 Å². The Morgan fingerprint density at radius 1 is 1.33 bits per heavy atom. The molecule has 0 radical (unpaired) electrons. The van der Waals surface area contributed by atoms with Crippen molar-refractivity contribution in [1.82, 2.24) is 4.98 Å². The van der Waals surface area contributed by atoms with Gasteiger partial charge in [0.15, 0.2) is 5.13 Å². The molecule has 0 atom stereocenters. The van der Waals surface area contributed by atoms with Gasteiger partial charge in [-0.05, 0) is 32.6 Å². The molecule has 0 unspecified atom stereocenters. The first-order valence-electron chi connectivity index (χ1n) is 5.86. The van der Waals surface area contributed by atoms with Crippen LogP contribution in [0.25, 0.3) is 0 Å². The van der Waals surface area contributed by atoms with Crippen molar-refractivity contribution < 1.29 is 0 Å². The van der Waals surface area contributed by atoms with E-state index in [9.17, 15) is 0 Å². The first-order valence-corrected chi connectivity index (χ1v) is 6.74. The summed E-state index contributed by atoms with van der Waals surface area (Å²) < 4.78 is 0. The fraction of sp³-hybridized carbons (Fsp3) is 0.750. The summed E-state index contributed by atoms with van der Waals surface area (Å²) in [6.45, 7) is 11.0. The molecule has 0 aliphatic rings. The predicted octanol–water partition coefficient (Wildman–Crippen LogP) is 3.58. The normalized spacial score (nSPS) is 11.0. The average Bonchev–Trinajstić information content (AvgIpc) is 2.65. The summed E-state index contributed by atoms with van der Waals surface area (Å²) in [6, 6.07) is 0. The van der Waals surface area contributed by atoms with Crippen LogP contribution < -0.4 is 4.90 Å². The summed E-state index contributed by atoms with van der Waals surface area (Å²) in [6.07, 6.45) is 2.36. The molecule has 0 spiro atoms. The lowest BCUT2D eigenvalue weighted by atomic mass is 10.1. The van der Waals surface area contributed by atoms with E-state index >= 15 is 0 Å². The zero-order valence-corrected chi connectivity index (χ0v) is 11.1. The monoisotopic (exact) mass is 226 g/mol. The van der Waals surface area contributed by atoms with Crippen LogP contribution in [0.5, 0.6) is 0 Å². The maximum atomic E-state index is 4.67. The number of aromatic nitrogens is 1. The Morgan fingerprint density at radius 3 is 2.53 bits per heavy atom. The van der Waals surface area contributed by atoms with E-state index in [1.165, 1.54) is 17.2 Å². The molecular weight excluding hydrogens is 204 g/mol. The predicted molar refractivity (Wildman–Crippen MR) is 68.8 cm³/mol. The van der Waals surface area contributed by atoms with Crippen LogP contribution in [0.3, 0.4) is 0 Å². The standard InChI is InChI=1S/C12H22N2S/c1-5-14(6-2)12-13-11(9-15-12)8-7-10(3)4/h9-10H,5-8H2,1-4H3. The molecule has 2 nitrogen and oxygen atoms in total. The fourth-order valence-corrected chi connectivity index (χ4v) is 2.48. The van der Waals surface area contributed by atoms with Crippen molar-refractivity contribution in [3.8, 4) is 0 Å². The van der Waals surface area contributed by atoms with E-state index in [0.717, 1.165) is 25.4 Å². The summed E-state index contributed by atoms with van der Waals surface area (Å²) >= 11 is 1.77. The molecular formula is C12H22N2S. The SMILES string of the molecule is CCN(CC)c1nc(CCC(C)C)cs1. The Balaban J connectivity index is 2.55. The number of nitrogens with zero attached hydrogens (tertiary/aromatic N) is 2. The van der Waals surface area contributed by atoms with Crippen molar-refractivity contribution >= 4 is 16.5 Å². The lowest BCUT2D eigenvalue weighted by molar-refractivity contribution is 0.582. The zero-order chi connectivity index (χ0) is 11.3. The van der Waals surface area contributed by atoms with Crippen LogP contribution >= 0.6 is 11.3 Å². The number of hydrogen-bond donors (Lipinski definition) is 0. The van der Waals surface area contributed by atoms with E-state index in [1.54, 1.807) is 11.3 Å². The Labute approximate surface area is 97.3 Å².